The fraction of sp³-hybridized carbons (Fsp3) is 0.500. The third-order valence-corrected chi connectivity index (χ3v) is 4.87. The molecule has 0 spiro atoms. The van der Waals surface area contributed by atoms with Gasteiger partial charge >= 0.3 is 0 Å². The predicted octanol–water partition coefficient (Wildman–Crippen LogP) is 3.56. The second-order valence-corrected chi connectivity index (χ2v) is 7.58. The summed E-state index contributed by atoms with van der Waals surface area (Å²) in [6.45, 7) is 6.70. The van der Waals surface area contributed by atoms with Crippen LogP contribution >= 0.6 is 0 Å². The number of carbonyl (C=O) groups is 1. The molecule has 0 bridgehead atoms. The third-order valence-electron chi connectivity index (χ3n) is 4.87. The number of ether oxygens (including phenoxy) is 2. The number of hydrogen-bond acceptors (Lipinski definition) is 6. The van der Waals surface area contributed by atoms with Gasteiger partial charge in [-0.15, -0.1) is 0 Å². The Morgan fingerprint density at radius 2 is 1.97 bits per heavy atom. The van der Waals surface area contributed by atoms with E-state index in [2.05, 4.69) is 20.2 Å². The Labute approximate surface area is 176 Å². The number of piperidine rings is 1. The first-order valence-corrected chi connectivity index (χ1v) is 10.4. The maximum absolute atomic E-state index is 13.0. The Bertz CT molecular complexity index is 808. The molecule has 0 unspecified atom stereocenters. The van der Waals surface area contributed by atoms with E-state index in [0.717, 1.165) is 19.3 Å². The minimum Gasteiger partial charge on any atom is -0.439 e. The Morgan fingerprint density at radius 1 is 1.23 bits per heavy atom. The molecule has 1 amide bonds. The van der Waals surface area contributed by atoms with Gasteiger partial charge in [0.05, 0.1) is 6.10 Å². The lowest BCUT2D eigenvalue weighted by atomic mass is 9.96. The first kappa shape index (κ1) is 22.0. The molecule has 1 saturated heterocycles. The summed E-state index contributed by atoms with van der Waals surface area (Å²) in [5, 5.41) is 3.01. The Morgan fingerprint density at radius 3 is 2.67 bits per heavy atom. The molecular weight excluding hydrogens is 387 g/mol. The summed E-state index contributed by atoms with van der Waals surface area (Å²) in [5.41, 5.74) is 0. The van der Waals surface area contributed by atoms with Gasteiger partial charge in [-0.25, -0.2) is 9.37 Å². The summed E-state index contributed by atoms with van der Waals surface area (Å²) < 4.78 is 24.2. The van der Waals surface area contributed by atoms with Crippen LogP contribution in [0.4, 0.5) is 10.3 Å². The van der Waals surface area contributed by atoms with Crippen molar-refractivity contribution < 1.29 is 18.7 Å². The first-order valence-electron chi connectivity index (χ1n) is 10.4. The van der Waals surface area contributed by atoms with Crippen molar-refractivity contribution in [2.75, 3.05) is 31.1 Å². The molecule has 3 rings (SSSR count). The summed E-state index contributed by atoms with van der Waals surface area (Å²) >= 11 is 0. The van der Waals surface area contributed by atoms with E-state index < -0.39 is 0 Å². The van der Waals surface area contributed by atoms with Crippen LogP contribution in [0.25, 0.3) is 0 Å². The molecule has 2 heterocycles. The number of anilines is 1. The largest absolute Gasteiger partial charge is 0.439 e. The average molecular weight is 416 g/mol. The molecule has 2 aromatic rings. The maximum atomic E-state index is 13.0. The van der Waals surface area contributed by atoms with Gasteiger partial charge in [-0.3, -0.25) is 4.79 Å². The van der Waals surface area contributed by atoms with Crippen molar-refractivity contribution in [1.29, 1.82) is 0 Å². The highest BCUT2D eigenvalue weighted by molar-refractivity contribution is 5.78. The molecule has 1 aromatic carbocycles. The molecule has 0 saturated carbocycles. The number of nitrogens with one attached hydrogen (secondary N) is 1. The molecule has 0 aliphatic carbocycles. The maximum Gasteiger partial charge on any atom is 0.228 e. The number of nitrogens with zero attached hydrogens (tertiary/aromatic N) is 3. The molecule has 1 aromatic heterocycles. The standard InChI is InChI=1S/C22H29FN4O3/c1-16(2)29-15-3-11-24-21(28)17-9-13-27(14-10-17)22-25-12-8-20(26-22)30-19-6-4-18(23)5-7-19/h4-8,12,16-17H,3,9-11,13-15H2,1-2H3,(H,24,28). The van der Waals surface area contributed by atoms with Crippen molar-refractivity contribution in [2.24, 2.45) is 5.92 Å². The molecule has 0 radical (unpaired) electrons. The highest BCUT2D eigenvalue weighted by Gasteiger charge is 2.26. The molecule has 7 nitrogen and oxygen atoms in total. The fourth-order valence-corrected chi connectivity index (χ4v) is 3.25. The van der Waals surface area contributed by atoms with E-state index in [-0.39, 0.29) is 23.7 Å². The van der Waals surface area contributed by atoms with Gasteiger partial charge in [-0.05, 0) is 57.4 Å². The Kier molecular flexibility index (Phi) is 7.96. The van der Waals surface area contributed by atoms with Crippen molar-refractivity contribution in [3.8, 4) is 11.6 Å². The number of benzene rings is 1. The number of rotatable bonds is 9. The van der Waals surface area contributed by atoms with Gasteiger partial charge in [-0.2, -0.15) is 4.98 Å². The minimum absolute atomic E-state index is 0.00548. The van der Waals surface area contributed by atoms with Crippen molar-refractivity contribution in [3.05, 3.63) is 42.3 Å². The van der Waals surface area contributed by atoms with Crippen LogP contribution in [0.5, 0.6) is 11.6 Å². The quantitative estimate of drug-likeness (QED) is 0.630. The lowest BCUT2D eigenvalue weighted by Crippen LogP contribution is -2.41. The molecule has 1 aliphatic heterocycles. The van der Waals surface area contributed by atoms with Crippen LogP contribution in [0.3, 0.4) is 0 Å². The molecule has 30 heavy (non-hydrogen) atoms. The Hall–Kier alpha value is -2.74. The van der Waals surface area contributed by atoms with Crippen LogP contribution in [0.1, 0.15) is 33.1 Å². The predicted molar refractivity (Wildman–Crippen MR) is 112 cm³/mol. The van der Waals surface area contributed by atoms with E-state index in [4.69, 9.17) is 9.47 Å². The van der Waals surface area contributed by atoms with Gasteiger partial charge in [-0.1, -0.05) is 0 Å². The summed E-state index contributed by atoms with van der Waals surface area (Å²) in [6.07, 6.45) is 4.17. The molecule has 1 fully saturated rings. The van der Waals surface area contributed by atoms with E-state index in [9.17, 15) is 9.18 Å². The molecule has 162 valence electrons. The number of aromatic nitrogens is 2. The fourth-order valence-electron chi connectivity index (χ4n) is 3.25. The zero-order valence-electron chi connectivity index (χ0n) is 17.5. The zero-order valence-corrected chi connectivity index (χ0v) is 17.5. The SMILES string of the molecule is CC(C)OCCCNC(=O)C1CCN(c2nccc(Oc3ccc(F)cc3)n2)CC1. The van der Waals surface area contributed by atoms with E-state index in [0.29, 0.717) is 43.8 Å². The molecule has 1 aliphatic rings. The van der Waals surface area contributed by atoms with E-state index >= 15 is 0 Å². The third kappa shape index (κ3) is 6.66. The van der Waals surface area contributed by atoms with E-state index in [1.807, 2.05) is 13.8 Å². The van der Waals surface area contributed by atoms with Crippen molar-refractivity contribution >= 4 is 11.9 Å². The van der Waals surface area contributed by atoms with Gasteiger partial charge in [0, 0.05) is 44.4 Å². The summed E-state index contributed by atoms with van der Waals surface area (Å²) in [4.78, 5) is 23.2. The van der Waals surface area contributed by atoms with Crippen molar-refractivity contribution in [1.82, 2.24) is 15.3 Å². The molecule has 1 N–H and O–H groups in total. The summed E-state index contributed by atoms with van der Waals surface area (Å²) in [7, 11) is 0. The molecule has 0 atom stereocenters. The van der Waals surface area contributed by atoms with Crippen molar-refractivity contribution in [2.45, 2.75) is 39.2 Å². The second-order valence-electron chi connectivity index (χ2n) is 7.58. The van der Waals surface area contributed by atoms with Crippen LogP contribution in [-0.4, -0.2) is 48.2 Å². The topological polar surface area (TPSA) is 76.6 Å². The van der Waals surface area contributed by atoms with Gasteiger partial charge in [0.1, 0.15) is 11.6 Å². The highest BCUT2D eigenvalue weighted by Crippen LogP contribution is 2.24. The van der Waals surface area contributed by atoms with Crippen LogP contribution < -0.4 is 15.0 Å². The monoisotopic (exact) mass is 416 g/mol. The van der Waals surface area contributed by atoms with Gasteiger partial charge in [0.15, 0.2) is 0 Å². The Balaban J connectivity index is 1.45. The van der Waals surface area contributed by atoms with E-state index in [1.54, 1.807) is 24.4 Å². The van der Waals surface area contributed by atoms with Crippen LogP contribution in [0.15, 0.2) is 36.5 Å². The number of amides is 1. The summed E-state index contributed by atoms with van der Waals surface area (Å²) in [6, 6.07) is 7.44. The lowest BCUT2D eigenvalue weighted by molar-refractivity contribution is -0.125. The average Bonchev–Trinajstić information content (AvgIpc) is 2.75. The number of carbonyl (C=O) groups excluding carboxylic acids is 1. The van der Waals surface area contributed by atoms with E-state index in [1.165, 1.54) is 12.1 Å². The second kappa shape index (κ2) is 10.9. The first-order chi connectivity index (χ1) is 14.5. The van der Waals surface area contributed by atoms with Gasteiger partial charge < -0.3 is 19.7 Å². The lowest BCUT2D eigenvalue weighted by Gasteiger charge is -2.31. The van der Waals surface area contributed by atoms with Crippen LogP contribution in [-0.2, 0) is 9.53 Å². The normalized spacial score (nSPS) is 14.7. The zero-order chi connectivity index (χ0) is 21.3. The molecular formula is C22H29FN4O3. The van der Waals surface area contributed by atoms with Gasteiger partial charge in [0.25, 0.3) is 0 Å². The van der Waals surface area contributed by atoms with Crippen LogP contribution in [0.2, 0.25) is 0 Å². The smallest absolute Gasteiger partial charge is 0.228 e. The number of hydrogen-bond donors (Lipinski definition) is 1. The van der Waals surface area contributed by atoms with Crippen LogP contribution in [0, 0.1) is 11.7 Å². The molecule has 8 heteroatoms. The van der Waals surface area contributed by atoms with Crippen molar-refractivity contribution in [3.63, 3.8) is 0 Å². The summed E-state index contributed by atoms with van der Waals surface area (Å²) in [5.74, 6) is 1.27. The van der Waals surface area contributed by atoms with Gasteiger partial charge in [0.2, 0.25) is 17.7 Å². The minimum atomic E-state index is -0.318. The highest BCUT2D eigenvalue weighted by atomic mass is 19.1. The number of halogens is 1.